The highest BCUT2D eigenvalue weighted by Gasteiger charge is 2.32. The molecule has 2 unspecified atom stereocenters. The summed E-state index contributed by atoms with van der Waals surface area (Å²) in [5.74, 6) is -0.588. The number of nitrogens with zero attached hydrogens (tertiary/aromatic N) is 1. The molecule has 2 aliphatic heterocycles. The first kappa shape index (κ1) is 19.8. The minimum Gasteiger partial charge on any atom is -0.376 e. The molecule has 2 saturated heterocycles. The molecule has 0 aliphatic carbocycles. The number of thioether (sulfide) groups is 1. The number of carbonyl (C=O) groups is 2. The molecule has 0 radical (unpaired) electrons. The van der Waals surface area contributed by atoms with Crippen molar-refractivity contribution >= 4 is 69.2 Å². The fourth-order valence-corrected chi connectivity index (χ4v) is 4.15. The van der Waals surface area contributed by atoms with Crippen molar-refractivity contribution in [2.45, 2.75) is 30.6 Å². The third kappa shape index (κ3) is 5.04. The summed E-state index contributed by atoms with van der Waals surface area (Å²) in [4.78, 5) is 28.7. The number of halogens is 3. The summed E-state index contributed by atoms with van der Waals surface area (Å²) >= 11 is 19.1. The molecule has 140 valence electrons. The Morgan fingerprint density at radius 1 is 1.31 bits per heavy atom. The zero-order valence-electron chi connectivity index (χ0n) is 13.6. The molecule has 2 amide bonds. The third-order valence-corrected chi connectivity index (χ3v) is 6.05. The lowest BCUT2D eigenvalue weighted by Crippen LogP contribution is -2.28. The lowest BCUT2D eigenvalue weighted by atomic mass is 10.2. The van der Waals surface area contributed by atoms with E-state index in [1.165, 1.54) is 23.9 Å². The lowest BCUT2D eigenvalue weighted by molar-refractivity contribution is -0.122. The Bertz CT molecular complexity index is 754. The molecule has 6 nitrogen and oxygen atoms in total. The Morgan fingerprint density at radius 2 is 2.08 bits per heavy atom. The Labute approximate surface area is 170 Å². The first-order chi connectivity index (χ1) is 12.4. The Balaban J connectivity index is 1.55. The van der Waals surface area contributed by atoms with Crippen LogP contribution in [-0.4, -0.2) is 41.5 Å². The van der Waals surface area contributed by atoms with E-state index in [0.717, 1.165) is 19.4 Å². The van der Waals surface area contributed by atoms with Crippen molar-refractivity contribution in [2.24, 2.45) is 4.99 Å². The maximum absolute atomic E-state index is 12.2. The maximum Gasteiger partial charge on any atom is 0.240 e. The van der Waals surface area contributed by atoms with Gasteiger partial charge < -0.3 is 15.4 Å². The lowest BCUT2D eigenvalue weighted by Gasteiger charge is -2.10. The number of hydrogen-bond acceptors (Lipinski definition) is 5. The van der Waals surface area contributed by atoms with Gasteiger partial charge in [-0.05, 0) is 25.0 Å². The average Bonchev–Trinajstić information content (AvgIpc) is 3.21. The van der Waals surface area contributed by atoms with Gasteiger partial charge in [-0.25, -0.2) is 0 Å². The van der Waals surface area contributed by atoms with Crippen molar-refractivity contribution in [3.63, 3.8) is 0 Å². The van der Waals surface area contributed by atoms with Crippen LogP contribution in [0.15, 0.2) is 17.1 Å². The molecule has 10 heteroatoms. The quantitative estimate of drug-likeness (QED) is 0.689. The fourth-order valence-electron chi connectivity index (χ4n) is 2.58. The normalized spacial score (nSPS) is 24.1. The molecule has 0 bridgehead atoms. The van der Waals surface area contributed by atoms with Crippen molar-refractivity contribution in [1.82, 2.24) is 5.32 Å². The summed E-state index contributed by atoms with van der Waals surface area (Å²) in [6, 6.07) is 2.93. The predicted molar refractivity (Wildman–Crippen MR) is 106 cm³/mol. The molecule has 0 saturated carbocycles. The zero-order chi connectivity index (χ0) is 18.7. The van der Waals surface area contributed by atoms with Crippen molar-refractivity contribution in [2.75, 3.05) is 18.5 Å². The van der Waals surface area contributed by atoms with Crippen LogP contribution in [0.3, 0.4) is 0 Å². The Morgan fingerprint density at radius 3 is 2.81 bits per heavy atom. The van der Waals surface area contributed by atoms with E-state index >= 15 is 0 Å². The number of ether oxygens (including phenoxy) is 1. The van der Waals surface area contributed by atoms with Crippen LogP contribution in [0.2, 0.25) is 15.1 Å². The van der Waals surface area contributed by atoms with Crippen molar-refractivity contribution in [3.8, 4) is 0 Å². The summed E-state index contributed by atoms with van der Waals surface area (Å²) in [5, 5.41) is 6.18. The molecular weight excluding hydrogens is 421 g/mol. The van der Waals surface area contributed by atoms with Crippen LogP contribution in [0.4, 0.5) is 5.69 Å². The van der Waals surface area contributed by atoms with E-state index in [-0.39, 0.29) is 34.4 Å². The largest absolute Gasteiger partial charge is 0.376 e. The second kappa shape index (κ2) is 8.80. The van der Waals surface area contributed by atoms with Crippen molar-refractivity contribution in [1.29, 1.82) is 0 Å². The van der Waals surface area contributed by atoms with Crippen LogP contribution in [0, 0.1) is 0 Å². The molecule has 2 fully saturated rings. The van der Waals surface area contributed by atoms with Crippen molar-refractivity contribution < 1.29 is 14.3 Å². The van der Waals surface area contributed by atoms with Crippen LogP contribution in [0.25, 0.3) is 0 Å². The second-order valence-electron chi connectivity index (χ2n) is 5.88. The first-order valence-corrected chi connectivity index (χ1v) is 10.0. The van der Waals surface area contributed by atoms with Gasteiger partial charge in [0.2, 0.25) is 11.8 Å². The predicted octanol–water partition coefficient (Wildman–Crippen LogP) is 3.74. The number of benzene rings is 1. The number of amides is 2. The molecular formula is C16H16Cl3N3O3S. The van der Waals surface area contributed by atoms with Gasteiger partial charge in [0.05, 0.1) is 33.4 Å². The molecule has 1 aromatic carbocycles. The van der Waals surface area contributed by atoms with E-state index in [1.54, 1.807) is 0 Å². The molecule has 3 rings (SSSR count). The van der Waals surface area contributed by atoms with Gasteiger partial charge in [0.1, 0.15) is 5.25 Å². The minimum atomic E-state index is -0.542. The summed E-state index contributed by atoms with van der Waals surface area (Å²) in [6.45, 7) is 1.27. The van der Waals surface area contributed by atoms with Gasteiger partial charge in [-0.2, -0.15) is 0 Å². The fraction of sp³-hybridized carbons (Fsp3) is 0.438. The number of rotatable bonds is 5. The molecule has 26 heavy (non-hydrogen) atoms. The molecule has 2 heterocycles. The van der Waals surface area contributed by atoms with Crippen LogP contribution in [-0.2, 0) is 14.3 Å². The average molecular weight is 437 g/mol. The SMILES string of the molecule is O=C(CC1SC(=NCC2CCCO2)NC1=O)Nc1cc(Cl)c(Cl)cc1Cl. The number of carbonyl (C=O) groups excluding carboxylic acids is 2. The smallest absolute Gasteiger partial charge is 0.240 e. The monoisotopic (exact) mass is 435 g/mol. The second-order valence-corrected chi connectivity index (χ2v) is 8.29. The number of nitrogens with one attached hydrogen (secondary N) is 2. The standard InChI is InChI=1S/C16H16Cl3N3O3S/c17-9-4-11(19)12(5-10(9)18)21-14(23)6-13-15(24)22-16(26-13)20-7-8-2-1-3-25-8/h4-5,8,13H,1-3,6-7H2,(H,21,23)(H,20,22,24). The van der Waals surface area contributed by atoms with E-state index < -0.39 is 5.25 Å². The molecule has 0 spiro atoms. The van der Waals surface area contributed by atoms with Crippen LogP contribution < -0.4 is 10.6 Å². The number of anilines is 1. The van der Waals surface area contributed by atoms with Crippen molar-refractivity contribution in [3.05, 3.63) is 27.2 Å². The first-order valence-electron chi connectivity index (χ1n) is 8.00. The minimum absolute atomic E-state index is 0.00791. The number of hydrogen-bond donors (Lipinski definition) is 2. The maximum atomic E-state index is 12.2. The number of aliphatic imine (C=N–C) groups is 1. The van der Waals surface area contributed by atoms with E-state index in [4.69, 9.17) is 39.5 Å². The Kier molecular flexibility index (Phi) is 6.69. The van der Waals surface area contributed by atoms with Gasteiger partial charge in [0, 0.05) is 13.0 Å². The summed E-state index contributed by atoms with van der Waals surface area (Å²) < 4.78 is 5.50. The van der Waals surface area contributed by atoms with Gasteiger partial charge in [0.15, 0.2) is 5.17 Å². The summed E-state index contributed by atoms with van der Waals surface area (Å²) in [7, 11) is 0. The molecule has 1 aromatic rings. The van der Waals surface area contributed by atoms with Gasteiger partial charge in [-0.3, -0.25) is 14.6 Å². The molecule has 2 aliphatic rings. The highest BCUT2D eigenvalue weighted by molar-refractivity contribution is 8.15. The topological polar surface area (TPSA) is 79.8 Å². The van der Waals surface area contributed by atoms with E-state index in [0.29, 0.717) is 22.4 Å². The van der Waals surface area contributed by atoms with Crippen LogP contribution in [0.5, 0.6) is 0 Å². The van der Waals surface area contributed by atoms with E-state index in [9.17, 15) is 9.59 Å². The highest BCUT2D eigenvalue weighted by atomic mass is 35.5. The van der Waals surface area contributed by atoms with Gasteiger partial charge in [-0.1, -0.05) is 46.6 Å². The third-order valence-electron chi connectivity index (χ3n) is 3.89. The zero-order valence-corrected chi connectivity index (χ0v) is 16.6. The van der Waals surface area contributed by atoms with Gasteiger partial charge >= 0.3 is 0 Å². The molecule has 2 atom stereocenters. The van der Waals surface area contributed by atoms with Gasteiger partial charge in [0.25, 0.3) is 0 Å². The summed E-state index contributed by atoms with van der Waals surface area (Å²) in [6.07, 6.45) is 2.12. The summed E-state index contributed by atoms with van der Waals surface area (Å²) in [5.41, 5.74) is 0.349. The molecule has 2 N–H and O–H groups in total. The van der Waals surface area contributed by atoms with E-state index in [1.807, 2.05) is 0 Å². The van der Waals surface area contributed by atoms with Gasteiger partial charge in [-0.15, -0.1) is 0 Å². The number of amidine groups is 1. The van der Waals surface area contributed by atoms with Crippen LogP contribution in [0.1, 0.15) is 19.3 Å². The Hall–Kier alpha value is -0.990. The highest BCUT2D eigenvalue weighted by Crippen LogP contribution is 2.32. The molecule has 0 aromatic heterocycles. The van der Waals surface area contributed by atoms with E-state index in [2.05, 4.69) is 15.6 Å². The van der Waals surface area contributed by atoms with Crippen LogP contribution >= 0.6 is 46.6 Å².